The van der Waals surface area contributed by atoms with Crippen molar-refractivity contribution in [3.63, 3.8) is 0 Å². The second-order valence-corrected chi connectivity index (χ2v) is 11.2. The van der Waals surface area contributed by atoms with Crippen LogP contribution in [0.3, 0.4) is 0 Å². The third kappa shape index (κ3) is 8.80. The van der Waals surface area contributed by atoms with Crippen LogP contribution < -0.4 is 20.1 Å². The van der Waals surface area contributed by atoms with Gasteiger partial charge in [-0.15, -0.1) is 0 Å². The van der Waals surface area contributed by atoms with Crippen molar-refractivity contribution in [3.8, 4) is 45.4 Å². The summed E-state index contributed by atoms with van der Waals surface area (Å²) in [6, 6.07) is 11.3. The summed E-state index contributed by atoms with van der Waals surface area (Å²) in [7, 11) is 3.09. The van der Waals surface area contributed by atoms with Gasteiger partial charge in [0.1, 0.15) is 11.4 Å². The fraction of sp³-hybridized carbons (Fsp3) is 0.294. The van der Waals surface area contributed by atoms with E-state index in [9.17, 15) is 5.11 Å². The van der Waals surface area contributed by atoms with Gasteiger partial charge < -0.3 is 30.3 Å². The SMILES string of the molecule is C=C(O)CCCNCc1ncc(-c2cccc(-c3cccc(-c4cnc(CNCC(=C)CCO)c(OC)n4)c3Cl)c2Cl)nc1OC. The molecule has 0 radical (unpaired) electrons. The Morgan fingerprint density at radius 2 is 1.28 bits per heavy atom. The first-order valence-electron chi connectivity index (χ1n) is 14.7. The van der Waals surface area contributed by atoms with Gasteiger partial charge in [-0.2, -0.15) is 0 Å². The molecule has 2 aromatic heterocycles. The average molecular weight is 666 g/mol. The number of ether oxygens (including phenoxy) is 2. The number of rotatable bonds is 17. The first kappa shape index (κ1) is 34.8. The van der Waals surface area contributed by atoms with Gasteiger partial charge in [-0.1, -0.05) is 78.3 Å². The lowest BCUT2D eigenvalue weighted by atomic mass is 9.98. The van der Waals surface area contributed by atoms with Crippen molar-refractivity contribution in [1.82, 2.24) is 30.6 Å². The number of aliphatic hydroxyl groups excluding tert-OH is 2. The fourth-order valence-corrected chi connectivity index (χ4v) is 5.38. The zero-order valence-electron chi connectivity index (χ0n) is 25.9. The zero-order chi connectivity index (χ0) is 33.1. The molecule has 0 unspecified atom stereocenters. The summed E-state index contributed by atoms with van der Waals surface area (Å²) in [6.07, 6.45) is 5.15. The summed E-state index contributed by atoms with van der Waals surface area (Å²) >= 11 is 14.0. The van der Waals surface area contributed by atoms with E-state index in [-0.39, 0.29) is 12.4 Å². The number of nitrogens with zero attached hydrogens (tertiary/aromatic N) is 4. The maximum Gasteiger partial charge on any atom is 0.237 e. The van der Waals surface area contributed by atoms with E-state index in [1.165, 1.54) is 0 Å². The highest BCUT2D eigenvalue weighted by Gasteiger charge is 2.19. The van der Waals surface area contributed by atoms with E-state index in [0.29, 0.717) is 106 Å². The van der Waals surface area contributed by atoms with Crippen LogP contribution >= 0.6 is 23.2 Å². The number of hydrogen-bond donors (Lipinski definition) is 4. The highest BCUT2D eigenvalue weighted by molar-refractivity contribution is 6.39. The molecule has 0 spiro atoms. The molecular weight excluding hydrogens is 627 g/mol. The van der Waals surface area contributed by atoms with Crippen LogP contribution in [0.5, 0.6) is 11.8 Å². The maximum atomic E-state index is 9.26. The van der Waals surface area contributed by atoms with Crippen molar-refractivity contribution in [2.75, 3.05) is 33.9 Å². The van der Waals surface area contributed by atoms with Gasteiger partial charge in [-0.25, -0.2) is 9.97 Å². The summed E-state index contributed by atoms with van der Waals surface area (Å²) in [5.74, 6) is 0.932. The van der Waals surface area contributed by atoms with Gasteiger partial charge >= 0.3 is 0 Å². The Morgan fingerprint density at radius 1 is 0.783 bits per heavy atom. The summed E-state index contributed by atoms with van der Waals surface area (Å²) in [4.78, 5) is 18.5. The average Bonchev–Trinajstić information content (AvgIpc) is 3.05. The predicted molar refractivity (Wildman–Crippen MR) is 182 cm³/mol. The molecule has 46 heavy (non-hydrogen) atoms. The Kier molecular flexibility index (Phi) is 12.9. The molecule has 0 saturated heterocycles. The molecule has 12 heteroatoms. The molecule has 2 aromatic carbocycles. The third-order valence-corrected chi connectivity index (χ3v) is 7.91. The molecule has 0 aliphatic carbocycles. The molecule has 0 aliphatic rings. The molecule has 0 bridgehead atoms. The molecule has 242 valence electrons. The molecule has 0 amide bonds. The van der Waals surface area contributed by atoms with Crippen LogP contribution in [0.25, 0.3) is 33.6 Å². The number of methoxy groups -OCH3 is 2. The molecule has 0 aliphatic heterocycles. The lowest BCUT2D eigenvalue weighted by Gasteiger charge is -2.15. The number of halogens is 2. The molecule has 0 saturated carbocycles. The summed E-state index contributed by atoms with van der Waals surface area (Å²) in [6.45, 7) is 9.61. The second kappa shape index (κ2) is 17.0. The largest absolute Gasteiger partial charge is 0.513 e. The van der Waals surface area contributed by atoms with E-state index in [2.05, 4.69) is 43.7 Å². The lowest BCUT2D eigenvalue weighted by Crippen LogP contribution is -2.18. The van der Waals surface area contributed by atoms with Crippen LogP contribution in [0.15, 0.2) is 73.3 Å². The van der Waals surface area contributed by atoms with E-state index in [0.717, 1.165) is 12.0 Å². The Morgan fingerprint density at radius 3 is 1.76 bits per heavy atom. The molecule has 10 nitrogen and oxygen atoms in total. The van der Waals surface area contributed by atoms with Gasteiger partial charge in [0.2, 0.25) is 11.8 Å². The van der Waals surface area contributed by atoms with Crippen LogP contribution in [0.2, 0.25) is 10.0 Å². The minimum absolute atomic E-state index is 0.0625. The van der Waals surface area contributed by atoms with Crippen LogP contribution in [0.4, 0.5) is 0 Å². The van der Waals surface area contributed by atoms with Crippen LogP contribution in [-0.4, -0.2) is 64.1 Å². The van der Waals surface area contributed by atoms with Crippen LogP contribution in [0, 0.1) is 0 Å². The maximum absolute atomic E-state index is 9.26. The van der Waals surface area contributed by atoms with Crippen LogP contribution in [-0.2, 0) is 13.1 Å². The number of aliphatic hydroxyl groups is 2. The summed E-state index contributed by atoms with van der Waals surface area (Å²) in [5, 5.41) is 25.8. The number of nitrogens with one attached hydrogen (secondary N) is 2. The standard InChI is InChI=1S/C34H38Cl2N6O4/c1-21(13-15-43)16-38-18-30-34(46-4)42-28(20-40-30)26-12-6-10-24(32(26)36)23-9-5-11-25(31(23)35)27-19-39-29(33(41-27)45-3)17-37-14-7-8-22(2)44/h5-6,9-12,19-20,37-38,43-44H,1-2,7-8,13-18H2,3-4H3. The number of aromatic nitrogens is 4. The van der Waals surface area contributed by atoms with E-state index >= 15 is 0 Å². The number of hydrogen-bond acceptors (Lipinski definition) is 10. The van der Waals surface area contributed by atoms with Gasteiger partial charge in [0.15, 0.2) is 0 Å². The molecular formula is C34H38Cl2N6O4. The molecule has 0 fully saturated rings. The van der Waals surface area contributed by atoms with E-state index < -0.39 is 0 Å². The minimum atomic E-state index is 0.0625. The Bertz CT molecular complexity index is 1680. The van der Waals surface area contributed by atoms with Crippen molar-refractivity contribution in [1.29, 1.82) is 0 Å². The fourth-order valence-electron chi connectivity index (χ4n) is 4.73. The van der Waals surface area contributed by atoms with Gasteiger partial charge in [0.05, 0.1) is 53.8 Å². The molecule has 4 aromatic rings. The molecule has 4 N–H and O–H groups in total. The first-order valence-corrected chi connectivity index (χ1v) is 15.5. The van der Waals surface area contributed by atoms with Gasteiger partial charge in [0.25, 0.3) is 0 Å². The van der Waals surface area contributed by atoms with E-state index in [1.807, 2.05) is 36.4 Å². The van der Waals surface area contributed by atoms with E-state index in [4.69, 9.17) is 37.8 Å². The van der Waals surface area contributed by atoms with Gasteiger partial charge in [-0.3, -0.25) is 9.97 Å². The van der Waals surface area contributed by atoms with Crippen molar-refractivity contribution < 1.29 is 19.7 Å². The molecule has 4 rings (SSSR count). The zero-order valence-corrected chi connectivity index (χ0v) is 27.5. The molecule has 2 heterocycles. The highest BCUT2D eigenvalue weighted by Crippen LogP contribution is 2.42. The van der Waals surface area contributed by atoms with Gasteiger partial charge in [0, 0.05) is 54.9 Å². The number of benzene rings is 2. The van der Waals surface area contributed by atoms with Crippen LogP contribution in [0.1, 0.15) is 30.7 Å². The quantitative estimate of drug-likeness (QED) is 0.0558. The summed E-state index contributed by atoms with van der Waals surface area (Å²) < 4.78 is 11.1. The van der Waals surface area contributed by atoms with Crippen molar-refractivity contribution >= 4 is 23.2 Å². The first-order chi connectivity index (χ1) is 22.3. The normalized spacial score (nSPS) is 11.0. The highest BCUT2D eigenvalue weighted by atomic mass is 35.5. The van der Waals surface area contributed by atoms with Crippen molar-refractivity contribution in [2.24, 2.45) is 0 Å². The topological polar surface area (TPSA) is 135 Å². The van der Waals surface area contributed by atoms with Crippen molar-refractivity contribution in [2.45, 2.75) is 32.4 Å². The molecule has 0 atom stereocenters. The summed E-state index contributed by atoms with van der Waals surface area (Å²) in [5.41, 5.74) is 6.06. The monoisotopic (exact) mass is 664 g/mol. The Labute approximate surface area is 279 Å². The van der Waals surface area contributed by atoms with Crippen molar-refractivity contribution in [3.05, 3.63) is 94.7 Å². The smallest absolute Gasteiger partial charge is 0.237 e. The second-order valence-electron chi connectivity index (χ2n) is 10.4. The Balaban J connectivity index is 1.58. The third-order valence-electron chi connectivity index (χ3n) is 7.09. The van der Waals surface area contributed by atoms with E-state index in [1.54, 1.807) is 26.6 Å². The van der Waals surface area contributed by atoms with Gasteiger partial charge in [-0.05, 0) is 19.4 Å². The lowest BCUT2D eigenvalue weighted by molar-refractivity contribution is 0.298. The predicted octanol–water partition coefficient (Wildman–Crippen LogP) is 6.56. The number of allylic oxidation sites excluding steroid dienone is 1. The minimum Gasteiger partial charge on any atom is -0.513 e. The Hall–Kier alpha value is -4.06.